The first kappa shape index (κ1) is 31.7. The van der Waals surface area contributed by atoms with Gasteiger partial charge in [-0.2, -0.15) is 5.10 Å². The highest BCUT2D eigenvalue weighted by molar-refractivity contribution is 7.89. The van der Waals surface area contributed by atoms with E-state index in [2.05, 4.69) is 4.98 Å². The number of aromatic carboxylic acids is 1. The molecule has 2 fully saturated rings. The molecule has 234 valence electrons. The average Bonchev–Trinajstić information content (AvgIpc) is 3.30. The minimum atomic E-state index is -4.25. The van der Waals surface area contributed by atoms with Crippen molar-refractivity contribution in [1.82, 2.24) is 14.8 Å². The van der Waals surface area contributed by atoms with E-state index in [1.165, 1.54) is 17.5 Å². The molecule has 14 heteroatoms. The lowest BCUT2D eigenvalue weighted by atomic mass is 9.96. The van der Waals surface area contributed by atoms with Crippen molar-refractivity contribution in [1.29, 1.82) is 0 Å². The molecule has 1 unspecified atom stereocenters. The van der Waals surface area contributed by atoms with Gasteiger partial charge < -0.3 is 14.6 Å². The largest absolute Gasteiger partial charge is 0.488 e. The fourth-order valence-electron chi connectivity index (χ4n) is 5.13. The molecule has 0 spiro atoms. The molecule has 44 heavy (non-hydrogen) atoms. The first-order chi connectivity index (χ1) is 20.6. The number of hydrogen-bond acceptors (Lipinski definition) is 8. The number of nitrogens with zero attached hydrogens (tertiary/aromatic N) is 3. The van der Waals surface area contributed by atoms with E-state index in [0.29, 0.717) is 46.5 Å². The van der Waals surface area contributed by atoms with Gasteiger partial charge in [-0.1, -0.05) is 13.5 Å². The lowest BCUT2D eigenvalue weighted by molar-refractivity contribution is 0.0666. The summed E-state index contributed by atoms with van der Waals surface area (Å²) in [6.45, 7) is 0.835. The van der Waals surface area contributed by atoms with Crippen LogP contribution in [0.5, 0.6) is 5.75 Å². The number of sulfonamides is 1. The van der Waals surface area contributed by atoms with Crippen LogP contribution >= 0.6 is 11.3 Å². The maximum atomic E-state index is 14.8. The molecule has 0 bridgehead atoms. The molecule has 0 radical (unpaired) electrons. The van der Waals surface area contributed by atoms with Crippen molar-refractivity contribution >= 4 is 27.3 Å². The first-order valence-electron chi connectivity index (χ1n) is 13.7. The highest BCUT2D eigenvalue weighted by atomic mass is 32.2. The van der Waals surface area contributed by atoms with E-state index in [1.807, 2.05) is 0 Å². The number of carbonyl (C=O) groups is 1. The Labute approximate surface area is 257 Å². The van der Waals surface area contributed by atoms with Crippen molar-refractivity contribution in [3.63, 3.8) is 0 Å². The molecular formula is C30H32F2N4O6S2. The lowest BCUT2D eigenvalue weighted by Gasteiger charge is -2.13. The number of nitrogens with two attached hydrogens (primary N) is 1. The molecule has 3 N–H and O–H groups in total. The summed E-state index contributed by atoms with van der Waals surface area (Å²) in [5.74, 6) is -2.29. The van der Waals surface area contributed by atoms with E-state index >= 15 is 0 Å². The van der Waals surface area contributed by atoms with E-state index in [9.17, 15) is 27.1 Å². The fraction of sp³-hybridized carbons (Fsp3) is 0.367. The fourth-order valence-corrected chi connectivity index (χ4v) is 6.50. The van der Waals surface area contributed by atoms with Crippen LogP contribution in [0.4, 0.5) is 8.78 Å². The van der Waals surface area contributed by atoms with Crippen LogP contribution in [0.2, 0.25) is 0 Å². The number of aromatic nitrogens is 3. The van der Waals surface area contributed by atoms with Crippen molar-refractivity contribution < 1.29 is 36.6 Å². The smallest absolute Gasteiger partial charge is 0.355 e. The van der Waals surface area contributed by atoms with Crippen molar-refractivity contribution in [2.45, 2.75) is 57.0 Å². The Morgan fingerprint density at radius 2 is 1.95 bits per heavy atom. The highest BCUT2D eigenvalue weighted by Gasteiger charge is 2.30. The Hall–Kier alpha value is -3.72. The van der Waals surface area contributed by atoms with Crippen LogP contribution < -0.4 is 9.88 Å². The van der Waals surface area contributed by atoms with Gasteiger partial charge in [0.2, 0.25) is 15.2 Å². The van der Waals surface area contributed by atoms with Crippen LogP contribution in [0.1, 0.15) is 60.4 Å². The number of rotatable bonds is 11. The summed E-state index contributed by atoms with van der Waals surface area (Å²) in [7, 11) is -4.25. The normalized spacial score (nSPS) is 16.6. The molecule has 6 rings (SSSR count). The van der Waals surface area contributed by atoms with Gasteiger partial charge in [0.1, 0.15) is 17.3 Å². The van der Waals surface area contributed by atoms with Crippen LogP contribution in [-0.2, 0) is 27.6 Å². The Morgan fingerprint density at radius 3 is 2.59 bits per heavy atom. The van der Waals surface area contributed by atoms with Gasteiger partial charge in [-0.25, -0.2) is 36.8 Å². The second-order valence-electron chi connectivity index (χ2n) is 10.7. The molecule has 1 saturated heterocycles. The molecule has 1 aliphatic heterocycles. The first-order valence-corrected chi connectivity index (χ1v) is 16.1. The minimum absolute atomic E-state index is 0. The second-order valence-corrected chi connectivity index (χ2v) is 13.1. The molecule has 0 amide bonds. The Balaban J connectivity index is 0.00000384. The molecule has 1 saturated carbocycles. The summed E-state index contributed by atoms with van der Waals surface area (Å²) in [5.41, 5.74) is 2.78. The molecular weight excluding hydrogens is 614 g/mol. The van der Waals surface area contributed by atoms with Gasteiger partial charge in [-0.15, -0.1) is 11.3 Å². The molecule has 2 aromatic carbocycles. The van der Waals surface area contributed by atoms with Gasteiger partial charge in [0.05, 0.1) is 17.5 Å². The second kappa shape index (κ2) is 12.7. The van der Waals surface area contributed by atoms with Crippen molar-refractivity contribution in [2.24, 2.45) is 11.1 Å². The summed E-state index contributed by atoms with van der Waals surface area (Å²) < 4.78 is 66.2. The maximum Gasteiger partial charge on any atom is 0.355 e. The van der Waals surface area contributed by atoms with Crippen LogP contribution in [0.25, 0.3) is 16.4 Å². The molecule has 10 nitrogen and oxygen atoms in total. The number of carboxylic acid groups (broad SMARTS) is 1. The molecule has 3 heterocycles. The van der Waals surface area contributed by atoms with Crippen LogP contribution in [0, 0.1) is 17.6 Å². The number of benzene rings is 2. The predicted molar refractivity (Wildman–Crippen MR) is 160 cm³/mol. The zero-order chi connectivity index (χ0) is 30.3. The molecule has 1 atom stereocenters. The maximum absolute atomic E-state index is 14.8. The third-order valence-corrected chi connectivity index (χ3v) is 9.26. The zero-order valence-corrected chi connectivity index (χ0v) is 24.5. The number of ether oxygens (including phenoxy) is 2. The molecule has 1 aliphatic carbocycles. The molecule has 2 aromatic heterocycles. The Bertz CT molecular complexity index is 1800. The standard InChI is InChI=1S/C29H28F2N4O6S2.CH4/c30-21-7-6-18(13-25(21)41-14-19-2-1-9-40-19)27-20(10-17-5-8-26(22(31)11-17)43(32,38)39)24(12-16-3-4-16)35(34-27)29-33-23(15-42-29)28(36)37;/h5-8,11,13,15-16,19H,1-4,9-10,12,14H2,(H,36,37)(H2,32,38,39);1H4. The summed E-state index contributed by atoms with van der Waals surface area (Å²) in [6.07, 6.45) is 4.40. The van der Waals surface area contributed by atoms with E-state index in [0.717, 1.165) is 54.8 Å². The van der Waals surface area contributed by atoms with Gasteiger partial charge >= 0.3 is 5.97 Å². The number of carboxylic acids is 1. The van der Waals surface area contributed by atoms with E-state index in [4.69, 9.17) is 19.7 Å². The topological polar surface area (TPSA) is 147 Å². The van der Waals surface area contributed by atoms with E-state index in [-0.39, 0.29) is 38.0 Å². The number of primary sulfonamides is 1. The summed E-state index contributed by atoms with van der Waals surface area (Å²) in [4.78, 5) is 15.2. The Kier molecular flexibility index (Phi) is 9.16. The minimum Gasteiger partial charge on any atom is -0.488 e. The third-order valence-electron chi connectivity index (χ3n) is 7.50. The van der Waals surface area contributed by atoms with Gasteiger partial charge in [-0.05, 0) is 73.9 Å². The summed E-state index contributed by atoms with van der Waals surface area (Å²) in [5, 5.41) is 21.2. The average molecular weight is 647 g/mol. The van der Waals surface area contributed by atoms with Crippen molar-refractivity contribution in [2.75, 3.05) is 13.2 Å². The van der Waals surface area contributed by atoms with Gasteiger partial charge in [0, 0.05) is 29.5 Å². The van der Waals surface area contributed by atoms with E-state index in [1.54, 1.807) is 16.8 Å². The number of halogens is 2. The van der Waals surface area contributed by atoms with Crippen LogP contribution in [-0.4, -0.2) is 53.6 Å². The van der Waals surface area contributed by atoms with E-state index < -0.39 is 32.5 Å². The van der Waals surface area contributed by atoms with Crippen molar-refractivity contribution in [3.8, 4) is 22.1 Å². The molecule has 4 aromatic rings. The predicted octanol–water partition coefficient (Wildman–Crippen LogP) is 5.36. The number of thiazole rings is 1. The Morgan fingerprint density at radius 1 is 1.16 bits per heavy atom. The highest BCUT2D eigenvalue weighted by Crippen LogP contribution is 2.39. The molecule has 2 aliphatic rings. The summed E-state index contributed by atoms with van der Waals surface area (Å²) in [6, 6.07) is 8.14. The third kappa shape index (κ3) is 6.83. The van der Waals surface area contributed by atoms with Crippen LogP contribution in [0.15, 0.2) is 46.7 Å². The van der Waals surface area contributed by atoms with Crippen LogP contribution in [0.3, 0.4) is 0 Å². The van der Waals surface area contributed by atoms with Crippen molar-refractivity contribution in [3.05, 3.63) is 75.9 Å². The summed E-state index contributed by atoms with van der Waals surface area (Å²) >= 11 is 1.12. The van der Waals surface area contributed by atoms with Gasteiger partial charge in [0.15, 0.2) is 17.3 Å². The van der Waals surface area contributed by atoms with Gasteiger partial charge in [0.25, 0.3) is 0 Å². The SMILES string of the molecule is C.NS(=O)(=O)c1ccc(Cc2c(-c3ccc(F)c(OCC4CCCO4)c3)nn(-c3nc(C(=O)O)cs3)c2CC2CC2)cc1F. The zero-order valence-electron chi connectivity index (χ0n) is 22.8. The lowest BCUT2D eigenvalue weighted by Crippen LogP contribution is -2.16. The quantitative estimate of drug-likeness (QED) is 0.222. The van der Waals surface area contributed by atoms with Gasteiger partial charge in [-0.3, -0.25) is 0 Å². The monoisotopic (exact) mass is 646 g/mol. The number of hydrogen-bond donors (Lipinski definition) is 2.